The van der Waals surface area contributed by atoms with Crippen LogP contribution >= 0.6 is 0 Å². The molecule has 0 amide bonds. The predicted molar refractivity (Wildman–Crippen MR) is 84.1 cm³/mol. The van der Waals surface area contributed by atoms with Crippen molar-refractivity contribution in [3.8, 4) is 6.07 Å². The van der Waals surface area contributed by atoms with Crippen molar-refractivity contribution in [3.63, 3.8) is 0 Å². The molecule has 0 atom stereocenters. The van der Waals surface area contributed by atoms with Gasteiger partial charge in [-0.25, -0.2) is 4.79 Å². The molecule has 0 unspecified atom stereocenters. The van der Waals surface area contributed by atoms with Gasteiger partial charge in [0.25, 0.3) is 0 Å². The number of carbonyl (C=O) groups excluding carboxylic acids is 1. The quantitative estimate of drug-likeness (QED) is 0.923. The number of fused-ring (bicyclic) bond motifs is 1. The number of carbonyl (C=O) groups is 2. The van der Waals surface area contributed by atoms with E-state index in [2.05, 4.69) is 11.1 Å². The molecule has 5 heteroatoms. The number of benzene rings is 2. The lowest BCUT2D eigenvalue weighted by Gasteiger charge is -2.05. The van der Waals surface area contributed by atoms with Crippen molar-refractivity contribution < 1.29 is 14.7 Å². The van der Waals surface area contributed by atoms with E-state index in [1.165, 1.54) is 12.1 Å². The lowest BCUT2D eigenvalue weighted by atomic mass is 10.0. The third-order valence-corrected chi connectivity index (χ3v) is 3.66. The number of nitrogens with zero attached hydrogens (tertiary/aromatic N) is 2. The van der Waals surface area contributed by atoms with Gasteiger partial charge in [-0.05, 0) is 41.5 Å². The van der Waals surface area contributed by atoms with E-state index in [-0.39, 0.29) is 24.2 Å². The molecule has 1 N–H and O–H groups in total. The normalized spacial score (nSPS) is 13.5. The van der Waals surface area contributed by atoms with E-state index in [1.54, 1.807) is 24.3 Å². The van der Waals surface area contributed by atoms with Crippen molar-refractivity contribution in [2.45, 2.75) is 12.8 Å². The number of Topliss-reactive ketones (excluding diaryl/α,β-unsaturated/α-hetero) is 1. The molecule has 0 saturated heterocycles. The summed E-state index contributed by atoms with van der Waals surface area (Å²) in [4.78, 5) is 27.8. The molecule has 23 heavy (non-hydrogen) atoms. The molecular weight excluding hydrogens is 292 g/mol. The van der Waals surface area contributed by atoms with Crippen LogP contribution in [0.4, 0.5) is 5.69 Å². The van der Waals surface area contributed by atoms with Crippen LogP contribution in [-0.4, -0.2) is 22.6 Å². The summed E-state index contributed by atoms with van der Waals surface area (Å²) in [5.74, 6) is -1.07. The highest BCUT2D eigenvalue weighted by Gasteiger charge is 2.19. The van der Waals surface area contributed by atoms with Crippen LogP contribution in [0.1, 0.15) is 33.5 Å². The van der Waals surface area contributed by atoms with Gasteiger partial charge in [-0.15, -0.1) is 0 Å². The molecule has 0 fully saturated rings. The Morgan fingerprint density at radius 2 is 2.00 bits per heavy atom. The Balaban J connectivity index is 2.10. The lowest BCUT2D eigenvalue weighted by molar-refractivity contribution is -0.117. The fraction of sp³-hybridized carbons (Fsp3) is 0.111. The number of aromatic carboxylic acids is 1. The minimum absolute atomic E-state index is 0.0348. The number of hydrogen-bond acceptors (Lipinski definition) is 4. The van der Waals surface area contributed by atoms with Crippen molar-refractivity contribution in [1.82, 2.24) is 0 Å². The average Bonchev–Trinajstić information content (AvgIpc) is 2.72. The Kier molecular flexibility index (Phi) is 3.73. The Morgan fingerprint density at radius 3 is 2.74 bits per heavy atom. The fourth-order valence-corrected chi connectivity index (χ4v) is 2.55. The maximum absolute atomic E-state index is 12.2. The average molecular weight is 304 g/mol. The van der Waals surface area contributed by atoms with Gasteiger partial charge in [-0.1, -0.05) is 12.1 Å². The SMILES string of the molecule is N#Cc1cccc(C2=Nc3ccc(C(=O)O)cc3CC(=O)C2)c1. The van der Waals surface area contributed by atoms with Gasteiger partial charge in [0.05, 0.1) is 28.6 Å². The van der Waals surface area contributed by atoms with Crippen LogP contribution in [0.2, 0.25) is 0 Å². The third-order valence-electron chi connectivity index (χ3n) is 3.66. The van der Waals surface area contributed by atoms with Crippen molar-refractivity contribution in [3.05, 3.63) is 64.7 Å². The van der Waals surface area contributed by atoms with Crippen LogP contribution < -0.4 is 0 Å². The summed E-state index contributed by atoms with van der Waals surface area (Å²) in [6.45, 7) is 0. The largest absolute Gasteiger partial charge is 0.478 e. The number of rotatable bonds is 2. The molecule has 2 aromatic carbocycles. The highest BCUT2D eigenvalue weighted by atomic mass is 16.4. The van der Waals surface area contributed by atoms with E-state index >= 15 is 0 Å². The summed E-state index contributed by atoms with van der Waals surface area (Å²) in [6, 6.07) is 13.6. The maximum atomic E-state index is 12.2. The summed E-state index contributed by atoms with van der Waals surface area (Å²) in [5, 5.41) is 18.1. The monoisotopic (exact) mass is 304 g/mol. The van der Waals surface area contributed by atoms with Crippen molar-refractivity contribution in [2.75, 3.05) is 0 Å². The van der Waals surface area contributed by atoms with E-state index in [0.29, 0.717) is 22.5 Å². The Bertz CT molecular complexity index is 891. The number of nitriles is 1. The standard InChI is InChI=1S/C18H12N2O3/c19-10-11-2-1-3-12(6-11)17-9-15(21)8-14-7-13(18(22)23)4-5-16(14)20-17/h1-7H,8-9H2,(H,22,23). The summed E-state index contributed by atoms with van der Waals surface area (Å²) in [7, 11) is 0. The van der Waals surface area contributed by atoms with E-state index in [1.807, 2.05) is 6.07 Å². The highest BCUT2D eigenvalue weighted by Crippen LogP contribution is 2.27. The Labute approximate surface area is 132 Å². The smallest absolute Gasteiger partial charge is 0.335 e. The second-order valence-corrected chi connectivity index (χ2v) is 5.29. The first-order chi connectivity index (χ1) is 11.1. The van der Waals surface area contributed by atoms with E-state index < -0.39 is 5.97 Å². The number of carboxylic acid groups (broad SMARTS) is 1. The summed E-state index contributed by atoms with van der Waals surface area (Å²) < 4.78 is 0. The Hall–Kier alpha value is -3.26. The second-order valence-electron chi connectivity index (χ2n) is 5.29. The van der Waals surface area contributed by atoms with Crippen LogP contribution in [0, 0.1) is 11.3 Å². The molecule has 0 aromatic heterocycles. The minimum Gasteiger partial charge on any atom is -0.478 e. The zero-order chi connectivity index (χ0) is 16.4. The molecule has 5 nitrogen and oxygen atoms in total. The number of aliphatic imine (C=N–C) groups is 1. The predicted octanol–water partition coefficient (Wildman–Crippen LogP) is 2.89. The first-order valence-corrected chi connectivity index (χ1v) is 7.03. The zero-order valence-electron chi connectivity index (χ0n) is 12.1. The van der Waals surface area contributed by atoms with Gasteiger partial charge >= 0.3 is 5.97 Å². The number of hydrogen-bond donors (Lipinski definition) is 1. The van der Waals surface area contributed by atoms with E-state index in [9.17, 15) is 9.59 Å². The molecule has 0 spiro atoms. The van der Waals surface area contributed by atoms with Crippen LogP contribution in [0.25, 0.3) is 0 Å². The maximum Gasteiger partial charge on any atom is 0.335 e. The summed E-state index contributed by atoms with van der Waals surface area (Å²) in [5.41, 5.74) is 3.17. The van der Waals surface area contributed by atoms with Gasteiger partial charge in [0.15, 0.2) is 0 Å². The molecule has 112 valence electrons. The van der Waals surface area contributed by atoms with Crippen LogP contribution in [0.5, 0.6) is 0 Å². The molecule has 1 heterocycles. The van der Waals surface area contributed by atoms with Crippen molar-refractivity contribution >= 4 is 23.2 Å². The molecule has 0 bridgehead atoms. The van der Waals surface area contributed by atoms with Crippen LogP contribution in [-0.2, 0) is 11.2 Å². The number of carboxylic acids is 1. The van der Waals surface area contributed by atoms with Crippen LogP contribution in [0.3, 0.4) is 0 Å². The topological polar surface area (TPSA) is 90.5 Å². The molecule has 0 aliphatic carbocycles. The summed E-state index contributed by atoms with van der Waals surface area (Å²) >= 11 is 0. The summed E-state index contributed by atoms with van der Waals surface area (Å²) in [6.07, 6.45) is 0.313. The van der Waals surface area contributed by atoms with Gasteiger partial charge in [-0.3, -0.25) is 9.79 Å². The second kappa shape index (κ2) is 5.85. The van der Waals surface area contributed by atoms with E-state index in [4.69, 9.17) is 10.4 Å². The first kappa shape index (κ1) is 14.7. The zero-order valence-corrected chi connectivity index (χ0v) is 12.1. The Morgan fingerprint density at radius 1 is 1.17 bits per heavy atom. The molecule has 1 aliphatic heterocycles. The lowest BCUT2D eigenvalue weighted by Crippen LogP contribution is -2.09. The molecule has 1 aliphatic rings. The molecular formula is C18H12N2O3. The molecule has 3 rings (SSSR count). The van der Waals surface area contributed by atoms with E-state index in [0.717, 1.165) is 5.56 Å². The first-order valence-electron chi connectivity index (χ1n) is 7.03. The molecule has 0 saturated carbocycles. The van der Waals surface area contributed by atoms with Crippen molar-refractivity contribution in [1.29, 1.82) is 5.26 Å². The van der Waals surface area contributed by atoms with Crippen LogP contribution in [0.15, 0.2) is 47.5 Å². The third kappa shape index (κ3) is 3.01. The van der Waals surface area contributed by atoms with Gasteiger partial charge in [-0.2, -0.15) is 5.26 Å². The van der Waals surface area contributed by atoms with Gasteiger partial charge in [0.2, 0.25) is 0 Å². The van der Waals surface area contributed by atoms with Gasteiger partial charge in [0.1, 0.15) is 5.78 Å². The number of ketones is 1. The molecule has 0 radical (unpaired) electrons. The minimum atomic E-state index is -1.03. The molecule has 2 aromatic rings. The fourth-order valence-electron chi connectivity index (χ4n) is 2.55. The highest BCUT2D eigenvalue weighted by molar-refractivity contribution is 6.13. The van der Waals surface area contributed by atoms with Gasteiger partial charge in [0, 0.05) is 12.8 Å². The van der Waals surface area contributed by atoms with Gasteiger partial charge < -0.3 is 5.11 Å². The van der Waals surface area contributed by atoms with Crippen molar-refractivity contribution in [2.24, 2.45) is 4.99 Å².